The predicted octanol–water partition coefficient (Wildman–Crippen LogP) is 4.35. The van der Waals surface area contributed by atoms with Crippen LogP contribution in [-0.2, 0) is 21.9 Å². The van der Waals surface area contributed by atoms with Gasteiger partial charge in [-0.1, -0.05) is 53.1 Å². The summed E-state index contributed by atoms with van der Waals surface area (Å²) in [4.78, 5) is 26.7. The molecular formula is C22H27ClN2O2S. The first-order valence-corrected chi connectivity index (χ1v) is 10.7. The molecule has 4 nitrogen and oxygen atoms in total. The summed E-state index contributed by atoms with van der Waals surface area (Å²) in [5, 5.41) is 3.27. The van der Waals surface area contributed by atoms with Gasteiger partial charge < -0.3 is 10.2 Å². The van der Waals surface area contributed by atoms with E-state index in [1.54, 1.807) is 42.8 Å². The zero-order valence-corrected chi connectivity index (χ0v) is 18.4. The Balaban J connectivity index is 2.05. The highest BCUT2D eigenvalue weighted by Crippen LogP contribution is 2.18. The van der Waals surface area contributed by atoms with Crippen molar-refractivity contribution in [3.05, 3.63) is 69.7 Å². The number of amides is 2. The SMILES string of the molecule is CNC(=O)[C@@H](C)N(Cc1ccc(Cl)cc1)C(=O)CSCc1cc(C)cc(C)c1. The minimum atomic E-state index is -0.546. The van der Waals surface area contributed by atoms with Gasteiger partial charge in [0.15, 0.2) is 0 Å². The van der Waals surface area contributed by atoms with Gasteiger partial charge in [-0.25, -0.2) is 0 Å². The molecule has 2 rings (SSSR count). The number of halogens is 1. The summed E-state index contributed by atoms with van der Waals surface area (Å²) in [6.45, 7) is 6.27. The molecule has 0 radical (unpaired) electrons. The number of benzene rings is 2. The van der Waals surface area contributed by atoms with Crippen LogP contribution in [0.15, 0.2) is 42.5 Å². The summed E-state index contributed by atoms with van der Waals surface area (Å²) in [7, 11) is 1.58. The van der Waals surface area contributed by atoms with Crippen molar-refractivity contribution < 1.29 is 9.59 Å². The third-order valence-electron chi connectivity index (χ3n) is 4.46. The van der Waals surface area contributed by atoms with Crippen LogP contribution in [0, 0.1) is 13.8 Å². The average Bonchev–Trinajstić information content (AvgIpc) is 2.65. The predicted molar refractivity (Wildman–Crippen MR) is 118 cm³/mol. The molecule has 1 N–H and O–H groups in total. The normalized spacial score (nSPS) is 11.8. The number of carbonyl (C=O) groups is 2. The molecule has 0 aliphatic rings. The molecule has 150 valence electrons. The monoisotopic (exact) mass is 418 g/mol. The number of rotatable bonds is 8. The fourth-order valence-corrected chi connectivity index (χ4v) is 4.04. The van der Waals surface area contributed by atoms with Gasteiger partial charge in [0.2, 0.25) is 11.8 Å². The van der Waals surface area contributed by atoms with Crippen molar-refractivity contribution in [2.75, 3.05) is 12.8 Å². The molecule has 0 saturated carbocycles. The van der Waals surface area contributed by atoms with Crippen molar-refractivity contribution in [1.82, 2.24) is 10.2 Å². The highest BCUT2D eigenvalue weighted by atomic mass is 35.5. The molecule has 2 aromatic rings. The van der Waals surface area contributed by atoms with E-state index < -0.39 is 6.04 Å². The lowest BCUT2D eigenvalue weighted by Crippen LogP contribution is -2.47. The van der Waals surface area contributed by atoms with Crippen LogP contribution < -0.4 is 5.32 Å². The van der Waals surface area contributed by atoms with Crippen LogP contribution in [0.5, 0.6) is 0 Å². The molecule has 1 atom stereocenters. The lowest BCUT2D eigenvalue weighted by atomic mass is 10.1. The molecular weight excluding hydrogens is 392 g/mol. The first-order valence-electron chi connectivity index (χ1n) is 9.20. The second kappa shape index (κ2) is 10.5. The van der Waals surface area contributed by atoms with E-state index in [0.29, 0.717) is 17.3 Å². The Morgan fingerprint density at radius 2 is 1.68 bits per heavy atom. The minimum Gasteiger partial charge on any atom is -0.357 e. The number of aryl methyl sites for hydroxylation is 2. The molecule has 0 spiro atoms. The maximum atomic E-state index is 12.9. The summed E-state index contributed by atoms with van der Waals surface area (Å²) < 4.78 is 0. The lowest BCUT2D eigenvalue weighted by Gasteiger charge is -2.28. The molecule has 0 heterocycles. The van der Waals surface area contributed by atoms with Crippen molar-refractivity contribution in [2.45, 2.75) is 39.1 Å². The van der Waals surface area contributed by atoms with Crippen molar-refractivity contribution in [3.63, 3.8) is 0 Å². The summed E-state index contributed by atoms with van der Waals surface area (Å²) in [5.74, 6) is 0.848. The van der Waals surface area contributed by atoms with E-state index >= 15 is 0 Å². The first kappa shape index (κ1) is 22.3. The molecule has 0 aromatic heterocycles. The molecule has 28 heavy (non-hydrogen) atoms. The summed E-state index contributed by atoms with van der Waals surface area (Å²) >= 11 is 7.51. The molecule has 2 amide bonds. The third kappa shape index (κ3) is 6.57. The molecule has 6 heteroatoms. The highest BCUT2D eigenvalue weighted by Gasteiger charge is 2.25. The van der Waals surface area contributed by atoms with E-state index in [9.17, 15) is 9.59 Å². The van der Waals surface area contributed by atoms with Gasteiger partial charge in [-0.3, -0.25) is 9.59 Å². The molecule has 2 aromatic carbocycles. The quantitative estimate of drug-likeness (QED) is 0.693. The zero-order valence-electron chi connectivity index (χ0n) is 16.8. The summed E-state index contributed by atoms with van der Waals surface area (Å²) in [6.07, 6.45) is 0. The topological polar surface area (TPSA) is 49.4 Å². The van der Waals surface area contributed by atoms with Gasteiger partial charge in [0, 0.05) is 24.4 Å². The zero-order chi connectivity index (χ0) is 20.7. The maximum Gasteiger partial charge on any atom is 0.242 e. The molecule has 0 saturated heterocycles. The van der Waals surface area contributed by atoms with E-state index in [1.807, 2.05) is 12.1 Å². The molecule has 0 aliphatic carbocycles. The number of likely N-dealkylation sites (N-methyl/N-ethyl adjacent to an activating group) is 1. The van der Waals surface area contributed by atoms with Gasteiger partial charge in [-0.05, 0) is 44.0 Å². The molecule has 0 unspecified atom stereocenters. The third-order valence-corrected chi connectivity index (χ3v) is 5.70. The number of hydrogen-bond donors (Lipinski definition) is 1. The van der Waals surface area contributed by atoms with Crippen molar-refractivity contribution in [2.24, 2.45) is 0 Å². The van der Waals surface area contributed by atoms with E-state index in [-0.39, 0.29) is 11.8 Å². The van der Waals surface area contributed by atoms with Gasteiger partial charge >= 0.3 is 0 Å². The van der Waals surface area contributed by atoms with Crippen LogP contribution in [0.3, 0.4) is 0 Å². The van der Waals surface area contributed by atoms with E-state index in [2.05, 4.69) is 37.4 Å². The van der Waals surface area contributed by atoms with Crippen LogP contribution in [-0.4, -0.2) is 35.6 Å². The molecule has 0 bridgehead atoms. The lowest BCUT2D eigenvalue weighted by molar-refractivity contribution is -0.138. The first-order chi connectivity index (χ1) is 13.3. The average molecular weight is 419 g/mol. The van der Waals surface area contributed by atoms with Crippen molar-refractivity contribution in [1.29, 1.82) is 0 Å². The molecule has 0 fully saturated rings. The van der Waals surface area contributed by atoms with Gasteiger partial charge in [0.25, 0.3) is 0 Å². The number of hydrogen-bond acceptors (Lipinski definition) is 3. The van der Waals surface area contributed by atoms with Gasteiger partial charge in [0.1, 0.15) is 6.04 Å². The van der Waals surface area contributed by atoms with Crippen LogP contribution in [0.4, 0.5) is 0 Å². The molecule has 0 aliphatic heterocycles. The Labute approximate surface area is 176 Å². The Morgan fingerprint density at radius 3 is 2.25 bits per heavy atom. The van der Waals surface area contributed by atoms with E-state index in [0.717, 1.165) is 11.3 Å². The van der Waals surface area contributed by atoms with Crippen LogP contribution >= 0.6 is 23.4 Å². The standard InChI is InChI=1S/C22H27ClN2O2S/c1-15-9-16(2)11-19(10-15)13-28-14-21(26)25(17(3)22(27)24-4)12-18-5-7-20(23)8-6-18/h5-11,17H,12-14H2,1-4H3,(H,24,27)/t17-/m1/s1. The summed E-state index contributed by atoms with van der Waals surface area (Å²) in [5.41, 5.74) is 4.59. The van der Waals surface area contributed by atoms with Crippen molar-refractivity contribution >= 4 is 35.2 Å². The maximum absolute atomic E-state index is 12.9. The van der Waals surface area contributed by atoms with Gasteiger partial charge in [0.05, 0.1) is 5.75 Å². The Hall–Kier alpha value is -1.98. The Morgan fingerprint density at radius 1 is 1.07 bits per heavy atom. The highest BCUT2D eigenvalue weighted by molar-refractivity contribution is 7.99. The van der Waals surface area contributed by atoms with Crippen LogP contribution in [0.1, 0.15) is 29.2 Å². The van der Waals surface area contributed by atoms with Gasteiger partial charge in [-0.15, -0.1) is 11.8 Å². The number of nitrogens with zero attached hydrogens (tertiary/aromatic N) is 1. The fourth-order valence-electron chi connectivity index (χ4n) is 3.07. The fraction of sp³-hybridized carbons (Fsp3) is 0.364. The smallest absolute Gasteiger partial charge is 0.242 e. The number of thioether (sulfide) groups is 1. The van der Waals surface area contributed by atoms with Gasteiger partial charge in [-0.2, -0.15) is 0 Å². The van der Waals surface area contributed by atoms with Crippen molar-refractivity contribution in [3.8, 4) is 0 Å². The van der Waals surface area contributed by atoms with Crippen LogP contribution in [0.25, 0.3) is 0 Å². The number of carbonyl (C=O) groups excluding carboxylic acids is 2. The summed E-state index contributed by atoms with van der Waals surface area (Å²) in [6, 6.07) is 13.2. The Bertz CT molecular complexity index is 804. The largest absolute Gasteiger partial charge is 0.357 e. The van der Waals surface area contributed by atoms with E-state index in [4.69, 9.17) is 11.6 Å². The van der Waals surface area contributed by atoms with E-state index in [1.165, 1.54) is 16.7 Å². The van der Waals surface area contributed by atoms with Crippen LogP contribution in [0.2, 0.25) is 5.02 Å². The minimum absolute atomic E-state index is 0.0552. The Kier molecular flexibility index (Phi) is 8.39. The second-order valence-electron chi connectivity index (χ2n) is 6.93. The second-order valence-corrected chi connectivity index (χ2v) is 8.35. The number of nitrogens with one attached hydrogen (secondary N) is 1.